The van der Waals surface area contributed by atoms with Gasteiger partial charge in [-0.05, 0) is 32.9 Å². The molecule has 2 aliphatic rings. The normalized spacial score (nSPS) is 21.2. The molecule has 1 saturated heterocycles. The zero-order chi connectivity index (χ0) is 18.3. The molecule has 0 atom stereocenters. The average molecular weight is 367 g/mol. The fourth-order valence-electron chi connectivity index (χ4n) is 2.72. The zero-order valence-corrected chi connectivity index (χ0v) is 15.2. The number of hydrogen-bond donors (Lipinski definition) is 0. The van der Waals surface area contributed by atoms with Gasteiger partial charge in [-0.3, -0.25) is 0 Å². The van der Waals surface area contributed by atoms with E-state index in [0.29, 0.717) is 25.9 Å². The summed E-state index contributed by atoms with van der Waals surface area (Å²) in [6.45, 7) is 6.19. The molecule has 1 spiro atoms. The Bertz CT molecular complexity index is 805. The summed E-state index contributed by atoms with van der Waals surface area (Å²) in [4.78, 5) is 17.8. The highest BCUT2D eigenvalue weighted by molar-refractivity contribution is 7.90. The highest BCUT2D eigenvalue weighted by Gasteiger charge is 2.41. The minimum Gasteiger partial charge on any atom is -0.464 e. The number of aromatic nitrogens is 1. The fraction of sp³-hybridized carbons (Fsp3) is 0.562. The molecule has 1 aromatic rings. The van der Waals surface area contributed by atoms with E-state index in [2.05, 4.69) is 9.38 Å². The molecule has 3 rings (SSSR count). The van der Waals surface area contributed by atoms with E-state index in [1.54, 1.807) is 4.90 Å². The maximum absolute atomic E-state index is 12.2. The van der Waals surface area contributed by atoms with Crippen molar-refractivity contribution < 1.29 is 22.7 Å². The Labute approximate surface area is 146 Å². The van der Waals surface area contributed by atoms with Crippen LogP contribution in [0.25, 0.3) is 0 Å². The molecule has 9 heteroatoms. The molecule has 0 radical (unpaired) electrons. The number of carbonyl (C=O) groups excluding carboxylic acids is 1. The van der Waals surface area contributed by atoms with Gasteiger partial charge in [0.05, 0.1) is 6.21 Å². The van der Waals surface area contributed by atoms with Gasteiger partial charge in [0.2, 0.25) is 5.88 Å². The molecular weight excluding hydrogens is 346 g/mol. The van der Waals surface area contributed by atoms with Crippen molar-refractivity contribution in [2.24, 2.45) is 4.40 Å². The number of ether oxygens (including phenoxy) is 2. The molecular formula is C16H21N3O5S. The van der Waals surface area contributed by atoms with Gasteiger partial charge in [-0.25, -0.2) is 9.78 Å². The van der Waals surface area contributed by atoms with Gasteiger partial charge in [0.1, 0.15) is 11.2 Å². The van der Waals surface area contributed by atoms with Crippen molar-refractivity contribution in [1.29, 1.82) is 0 Å². The van der Waals surface area contributed by atoms with Crippen LogP contribution in [0.3, 0.4) is 0 Å². The molecule has 1 amide bonds. The average Bonchev–Trinajstić information content (AvgIpc) is 2.62. The first kappa shape index (κ1) is 17.7. The van der Waals surface area contributed by atoms with E-state index in [9.17, 15) is 13.2 Å². The topological polar surface area (TPSA) is 98.2 Å². The Morgan fingerprint density at radius 1 is 1.32 bits per heavy atom. The van der Waals surface area contributed by atoms with Crippen molar-refractivity contribution in [3.63, 3.8) is 0 Å². The highest BCUT2D eigenvalue weighted by Crippen LogP contribution is 2.34. The molecule has 0 N–H and O–H groups in total. The number of nitrogens with zero attached hydrogens (tertiary/aromatic N) is 3. The summed E-state index contributed by atoms with van der Waals surface area (Å²) in [5, 5.41) is 0. The van der Waals surface area contributed by atoms with E-state index >= 15 is 0 Å². The van der Waals surface area contributed by atoms with Gasteiger partial charge in [0.25, 0.3) is 10.0 Å². The number of piperidine rings is 1. The predicted molar refractivity (Wildman–Crippen MR) is 90.3 cm³/mol. The van der Waals surface area contributed by atoms with E-state index in [-0.39, 0.29) is 16.9 Å². The van der Waals surface area contributed by atoms with Crippen molar-refractivity contribution in [3.05, 3.63) is 18.3 Å². The van der Waals surface area contributed by atoms with Crippen LogP contribution in [-0.2, 0) is 14.8 Å². The summed E-state index contributed by atoms with van der Waals surface area (Å²) in [7, 11) is -3.83. The largest absolute Gasteiger partial charge is 0.464 e. The van der Waals surface area contributed by atoms with Gasteiger partial charge in [-0.2, -0.15) is 12.8 Å². The molecule has 1 fully saturated rings. The summed E-state index contributed by atoms with van der Waals surface area (Å²) < 4.78 is 39.5. The van der Waals surface area contributed by atoms with Gasteiger partial charge >= 0.3 is 6.09 Å². The summed E-state index contributed by atoms with van der Waals surface area (Å²) >= 11 is 0. The SMILES string of the molecule is CC(C)(C)OC(=O)N1CCC2(C=NS(=O)(=O)c3cccnc3O2)CC1. The highest BCUT2D eigenvalue weighted by atomic mass is 32.2. The third kappa shape index (κ3) is 3.76. The molecule has 8 nitrogen and oxygen atoms in total. The van der Waals surface area contributed by atoms with Crippen LogP contribution in [0, 0.1) is 0 Å². The standard InChI is InChI=1S/C16H21N3O5S/c1-15(2,3)24-14(20)19-9-6-16(7-10-19)11-18-25(21,22)12-5-4-8-17-13(12)23-16/h4-5,8,11H,6-7,9-10H2,1-3H3. The molecule has 3 heterocycles. The van der Waals surface area contributed by atoms with Crippen molar-refractivity contribution in [3.8, 4) is 5.88 Å². The van der Waals surface area contributed by atoms with Gasteiger partial charge in [0.15, 0.2) is 4.90 Å². The number of amides is 1. The van der Waals surface area contributed by atoms with Crippen LogP contribution < -0.4 is 4.74 Å². The Balaban J connectivity index is 1.79. The Kier molecular flexibility index (Phi) is 4.22. The van der Waals surface area contributed by atoms with E-state index in [1.807, 2.05) is 20.8 Å². The molecule has 2 aliphatic heterocycles. The zero-order valence-electron chi connectivity index (χ0n) is 14.4. The molecule has 0 aromatic carbocycles. The monoisotopic (exact) mass is 367 g/mol. The number of rotatable bonds is 0. The van der Waals surface area contributed by atoms with Crippen molar-refractivity contribution in [2.75, 3.05) is 13.1 Å². The molecule has 25 heavy (non-hydrogen) atoms. The molecule has 0 unspecified atom stereocenters. The minimum absolute atomic E-state index is 0.0438. The van der Waals surface area contributed by atoms with Gasteiger partial charge in [-0.15, -0.1) is 0 Å². The Morgan fingerprint density at radius 3 is 2.64 bits per heavy atom. The summed E-state index contributed by atoms with van der Waals surface area (Å²) in [6, 6.07) is 2.95. The van der Waals surface area contributed by atoms with Crippen molar-refractivity contribution in [2.45, 2.75) is 49.7 Å². The van der Waals surface area contributed by atoms with Crippen LogP contribution in [0.2, 0.25) is 0 Å². The van der Waals surface area contributed by atoms with Gasteiger partial charge in [-0.1, -0.05) is 0 Å². The summed E-state index contributed by atoms with van der Waals surface area (Å²) in [5.74, 6) is 0.0470. The first-order valence-electron chi connectivity index (χ1n) is 8.04. The van der Waals surface area contributed by atoms with Crippen LogP contribution >= 0.6 is 0 Å². The van der Waals surface area contributed by atoms with Crippen molar-refractivity contribution in [1.82, 2.24) is 9.88 Å². The quantitative estimate of drug-likeness (QED) is 0.695. The smallest absolute Gasteiger partial charge is 0.410 e. The van der Waals surface area contributed by atoms with Gasteiger partial charge in [0, 0.05) is 32.1 Å². The van der Waals surface area contributed by atoms with Crippen LogP contribution in [0.1, 0.15) is 33.6 Å². The molecule has 0 saturated carbocycles. The maximum atomic E-state index is 12.2. The van der Waals surface area contributed by atoms with E-state index in [4.69, 9.17) is 9.47 Å². The maximum Gasteiger partial charge on any atom is 0.410 e. The van der Waals surface area contributed by atoms with Crippen LogP contribution in [-0.4, -0.2) is 54.9 Å². The second kappa shape index (κ2) is 5.98. The number of carbonyl (C=O) groups is 1. The lowest BCUT2D eigenvalue weighted by Crippen LogP contribution is -2.51. The fourth-order valence-corrected chi connectivity index (χ4v) is 3.73. The second-order valence-corrected chi connectivity index (χ2v) is 8.75. The van der Waals surface area contributed by atoms with Crippen molar-refractivity contribution >= 4 is 22.3 Å². The molecule has 0 aliphatic carbocycles. The summed E-state index contributed by atoms with van der Waals surface area (Å²) in [6.07, 6.45) is 3.22. The number of likely N-dealkylation sites (tertiary alicyclic amines) is 1. The molecule has 0 bridgehead atoms. The lowest BCUT2D eigenvalue weighted by Gasteiger charge is -2.38. The lowest BCUT2D eigenvalue weighted by atomic mass is 9.92. The third-order valence-electron chi connectivity index (χ3n) is 4.00. The third-order valence-corrected chi connectivity index (χ3v) is 5.25. The Hall–Kier alpha value is -2.16. The second-order valence-electron chi connectivity index (χ2n) is 7.15. The van der Waals surface area contributed by atoms with Crippen LogP contribution in [0.4, 0.5) is 4.79 Å². The molecule has 1 aromatic heterocycles. The first-order valence-corrected chi connectivity index (χ1v) is 9.48. The number of hydrogen-bond acceptors (Lipinski definition) is 6. The minimum atomic E-state index is -3.83. The number of fused-ring (bicyclic) bond motifs is 1. The van der Waals surface area contributed by atoms with Gasteiger partial charge < -0.3 is 14.4 Å². The summed E-state index contributed by atoms with van der Waals surface area (Å²) in [5.41, 5.74) is -1.46. The lowest BCUT2D eigenvalue weighted by molar-refractivity contribution is 0.00391. The number of sulfonamides is 1. The first-order chi connectivity index (χ1) is 11.6. The van der Waals surface area contributed by atoms with E-state index in [1.165, 1.54) is 24.5 Å². The Morgan fingerprint density at radius 2 is 2.00 bits per heavy atom. The van der Waals surface area contributed by atoms with E-state index in [0.717, 1.165) is 0 Å². The predicted octanol–water partition coefficient (Wildman–Crippen LogP) is 2.00. The van der Waals surface area contributed by atoms with E-state index < -0.39 is 21.2 Å². The number of pyridine rings is 1. The van der Waals surface area contributed by atoms with Crippen LogP contribution in [0.15, 0.2) is 27.6 Å². The molecule has 136 valence electrons. The van der Waals surface area contributed by atoms with Crippen LogP contribution in [0.5, 0.6) is 5.88 Å².